The lowest BCUT2D eigenvalue weighted by atomic mass is 9.93. The number of nitrogens with one attached hydrogen (secondary N) is 2. The number of H-pyrrole nitrogens is 1. The second kappa shape index (κ2) is 8.57. The van der Waals surface area contributed by atoms with Gasteiger partial charge in [-0.1, -0.05) is 24.3 Å². The quantitative estimate of drug-likeness (QED) is 0.557. The van der Waals surface area contributed by atoms with Gasteiger partial charge in [-0.05, 0) is 48.6 Å². The van der Waals surface area contributed by atoms with E-state index < -0.39 is 11.9 Å². The van der Waals surface area contributed by atoms with Crippen molar-refractivity contribution in [3.05, 3.63) is 66.2 Å². The lowest BCUT2D eigenvalue weighted by Crippen LogP contribution is -2.58. The molecular weight excluding hydrogens is 420 g/mol. The molecule has 0 aliphatic carbocycles. The number of fused-ring (bicyclic) bond motifs is 2. The third-order valence-electron chi connectivity index (χ3n) is 6.50. The number of piperidine rings is 1. The van der Waals surface area contributed by atoms with E-state index in [-0.39, 0.29) is 18.0 Å². The number of amides is 4. The van der Waals surface area contributed by atoms with Crippen LogP contribution in [0.3, 0.4) is 0 Å². The molecule has 4 N–H and O–H groups in total. The van der Waals surface area contributed by atoms with Crippen molar-refractivity contribution in [3.8, 4) is 0 Å². The molecule has 1 saturated heterocycles. The van der Waals surface area contributed by atoms with E-state index in [1.54, 1.807) is 17.5 Å². The van der Waals surface area contributed by atoms with Crippen LogP contribution in [0.2, 0.25) is 0 Å². The van der Waals surface area contributed by atoms with Gasteiger partial charge in [0.25, 0.3) is 0 Å². The molecule has 2 aromatic carbocycles. The van der Waals surface area contributed by atoms with Gasteiger partial charge in [0.2, 0.25) is 11.8 Å². The van der Waals surface area contributed by atoms with Gasteiger partial charge >= 0.3 is 6.03 Å². The van der Waals surface area contributed by atoms with Crippen molar-refractivity contribution < 1.29 is 14.4 Å². The van der Waals surface area contributed by atoms with Crippen LogP contribution >= 0.6 is 0 Å². The maximum Gasteiger partial charge on any atom is 0.322 e. The molecule has 2 unspecified atom stereocenters. The average molecular weight is 446 g/mol. The Morgan fingerprint density at radius 3 is 2.91 bits per heavy atom. The number of hydrogen-bond acceptors (Lipinski definition) is 4. The summed E-state index contributed by atoms with van der Waals surface area (Å²) in [5.74, 6) is -0.780. The number of carbonyl (C=O) groups excluding carboxylic acids is 3. The van der Waals surface area contributed by atoms with E-state index >= 15 is 0 Å². The number of nitrogens with zero attached hydrogens (tertiary/aromatic N) is 3. The number of likely N-dealkylation sites (tertiary alicyclic amines) is 1. The van der Waals surface area contributed by atoms with E-state index in [9.17, 15) is 14.4 Å². The van der Waals surface area contributed by atoms with Crippen LogP contribution in [0, 0.1) is 6.42 Å². The number of hydrogen-bond donors (Lipinski definition) is 3. The van der Waals surface area contributed by atoms with Crippen LogP contribution in [0.1, 0.15) is 24.0 Å². The number of primary amides is 1. The summed E-state index contributed by atoms with van der Waals surface area (Å²) in [7, 11) is 0. The minimum Gasteiger partial charge on any atom is -0.368 e. The largest absolute Gasteiger partial charge is 0.368 e. The van der Waals surface area contributed by atoms with Gasteiger partial charge in [0.05, 0.1) is 18.1 Å². The molecule has 2 aliphatic heterocycles. The second-order valence-corrected chi connectivity index (χ2v) is 8.54. The number of anilines is 1. The predicted octanol–water partition coefficient (Wildman–Crippen LogP) is 2.20. The van der Waals surface area contributed by atoms with Gasteiger partial charge in [-0.15, -0.1) is 0 Å². The van der Waals surface area contributed by atoms with E-state index in [0.29, 0.717) is 32.4 Å². The number of para-hydroxylation sites is 1. The molecule has 3 aromatic rings. The van der Waals surface area contributed by atoms with Gasteiger partial charge < -0.3 is 20.9 Å². The first-order valence-corrected chi connectivity index (χ1v) is 11.0. The molecule has 1 aromatic heterocycles. The molecule has 0 saturated carbocycles. The second-order valence-electron chi connectivity index (χ2n) is 8.54. The lowest BCUT2D eigenvalue weighted by Gasteiger charge is -2.43. The monoisotopic (exact) mass is 445 g/mol. The van der Waals surface area contributed by atoms with Crippen LogP contribution in [0.4, 0.5) is 10.5 Å². The van der Waals surface area contributed by atoms with Gasteiger partial charge in [0.15, 0.2) is 0 Å². The molecule has 2 atom stereocenters. The van der Waals surface area contributed by atoms with Crippen LogP contribution in [0.5, 0.6) is 0 Å². The first kappa shape index (κ1) is 21.0. The normalized spacial score (nSPS) is 20.4. The van der Waals surface area contributed by atoms with Crippen LogP contribution in [0.15, 0.2) is 48.7 Å². The smallest absolute Gasteiger partial charge is 0.322 e. The first-order chi connectivity index (χ1) is 16.0. The maximum atomic E-state index is 13.0. The van der Waals surface area contributed by atoms with Crippen LogP contribution in [-0.2, 0) is 22.6 Å². The number of nitrogens with two attached hydrogens (primary N) is 1. The summed E-state index contributed by atoms with van der Waals surface area (Å²) in [5, 5.41) is 10.8. The molecule has 9 heteroatoms. The van der Waals surface area contributed by atoms with Crippen molar-refractivity contribution in [2.75, 3.05) is 11.9 Å². The molecule has 1 fully saturated rings. The number of aromatic nitrogens is 2. The van der Waals surface area contributed by atoms with Crippen molar-refractivity contribution in [3.63, 3.8) is 0 Å². The zero-order valence-corrected chi connectivity index (χ0v) is 18.0. The van der Waals surface area contributed by atoms with Gasteiger partial charge in [0.1, 0.15) is 6.04 Å². The fourth-order valence-corrected chi connectivity index (χ4v) is 4.72. The lowest BCUT2D eigenvalue weighted by molar-refractivity contribution is -0.139. The van der Waals surface area contributed by atoms with Crippen molar-refractivity contribution >= 4 is 34.4 Å². The SMILES string of the molecule is NC(=O)C1CC(N2Cc3ccccc3NC2=O)CCN1C(=O)[CH]Cc1ccc2[nH]ncc2c1. The molecule has 1 radical (unpaired) electrons. The zero-order chi connectivity index (χ0) is 22.9. The molecular formula is C24H25N6O3. The standard InChI is InChI=1S/C24H25N6O3/c25-23(32)21-12-18(30-14-16-3-1-2-4-19(16)27-24(30)33)9-10-29(21)22(31)8-6-15-5-7-20-17(11-15)13-26-28-20/h1-5,7-8,11,13,18,21H,6,9-10,12,14H2,(H2,25,32)(H,26,28)(H,27,33). The third kappa shape index (κ3) is 4.13. The number of benzene rings is 2. The fourth-order valence-electron chi connectivity index (χ4n) is 4.72. The van der Waals surface area contributed by atoms with Crippen LogP contribution < -0.4 is 11.1 Å². The van der Waals surface area contributed by atoms with Crippen molar-refractivity contribution in [1.82, 2.24) is 20.0 Å². The summed E-state index contributed by atoms with van der Waals surface area (Å²) < 4.78 is 0. The Hall–Kier alpha value is -3.88. The minimum atomic E-state index is -0.756. The van der Waals surface area contributed by atoms with E-state index in [1.807, 2.05) is 42.5 Å². The van der Waals surface area contributed by atoms with Crippen molar-refractivity contribution in [2.45, 2.75) is 37.9 Å². The highest BCUT2D eigenvalue weighted by Gasteiger charge is 2.39. The van der Waals surface area contributed by atoms with Crippen LogP contribution in [-0.4, -0.2) is 56.5 Å². The Morgan fingerprint density at radius 2 is 2.06 bits per heavy atom. The molecule has 2 aliphatic rings. The summed E-state index contributed by atoms with van der Waals surface area (Å²) >= 11 is 0. The fraction of sp³-hybridized carbons (Fsp3) is 0.292. The average Bonchev–Trinajstić information content (AvgIpc) is 3.29. The molecule has 4 amide bonds. The summed E-state index contributed by atoms with van der Waals surface area (Å²) in [6.07, 6.45) is 4.67. The molecule has 5 rings (SSSR count). The van der Waals surface area contributed by atoms with Crippen molar-refractivity contribution in [1.29, 1.82) is 0 Å². The Morgan fingerprint density at radius 1 is 1.21 bits per heavy atom. The van der Waals surface area contributed by atoms with Crippen molar-refractivity contribution in [2.24, 2.45) is 5.73 Å². The highest BCUT2D eigenvalue weighted by molar-refractivity contribution is 5.93. The van der Waals surface area contributed by atoms with E-state index in [0.717, 1.165) is 27.7 Å². The number of aromatic amines is 1. The summed E-state index contributed by atoms with van der Waals surface area (Å²) in [6, 6.07) is 12.4. The van der Waals surface area contributed by atoms with Gasteiger partial charge in [-0.25, -0.2) is 4.79 Å². The van der Waals surface area contributed by atoms with Gasteiger partial charge in [0, 0.05) is 30.2 Å². The Labute approximate surface area is 190 Å². The van der Waals surface area contributed by atoms with E-state index in [1.165, 1.54) is 4.90 Å². The number of urea groups is 1. The predicted molar refractivity (Wildman–Crippen MR) is 123 cm³/mol. The van der Waals surface area contributed by atoms with E-state index in [2.05, 4.69) is 15.5 Å². The topological polar surface area (TPSA) is 124 Å². The van der Waals surface area contributed by atoms with Gasteiger partial charge in [-0.2, -0.15) is 5.10 Å². The Kier molecular flexibility index (Phi) is 5.45. The highest BCUT2D eigenvalue weighted by atomic mass is 16.2. The van der Waals surface area contributed by atoms with Crippen LogP contribution in [0.25, 0.3) is 10.9 Å². The summed E-state index contributed by atoms with van der Waals surface area (Å²) in [5.41, 5.74) is 9.42. The minimum absolute atomic E-state index is 0.177. The first-order valence-electron chi connectivity index (χ1n) is 11.0. The molecule has 3 heterocycles. The summed E-state index contributed by atoms with van der Waals surface area (Å²) in [6.45, 7) is 0.828. The Balaban J connectivity index is 1.25. The molecule has 33 heavy (non-hydrogen) atoms. The molecule has 0 bridgehead atoms. The molecule has 0 spiro atoms. The maximum absolute atomic E-state index is 13.0. The highest BCUT2D eigenvalue weighted by Crippen LogP contribution is 2.29. The molecule has 169 valence electrons. The zero-order valence-electron chi connectivity index (χ0n) is 18.0. The number of carbonyl (C=O) groups is 3. The summed E-state index contributed by atoms with van der Waals surface area (Å²) in [4.78, 5) is 41.2. The number of rotatable bonds is 5. The molecule has 9 nitrogen and oxygen atoms in total. The van der Waals surface area contributed by atoms with Gasteiger partial charge in [-0.3, -0.25) is 14.7 Å². The van der Waals surface area contributed by atoms with E-state index in [4.69, 9.17) is 5.73 Å². The Bertz CT molecular complexity index is 1220. The third-order valence-corrected chi connectivity index (χ3v) is 6.50.